The van der Waals surface area contributed by atoms with Gasteiger partial charge >= 0.3 is 12.3 Å². The molecule has 1 aliphatic rings. The first-order valence-electron chi connectivity index (χ1n) is 11.5. The fraction of sp³-hybridized carbons (Fsp3) is 0.560. The van der Waals surface area contributed by atoms with E-state index >= 15 is 0 Å². The van der Waals surface area contributed by atoms with Crippen molar-refractivity contribution in [2.24, 2.45) is 10.9 Å². The molecule has 1 aliphatic heterocycles. The van der Waals surface area contributed by atoms with Gasteiger partial charge in [0, 0.05) is 36.6 Å². The van der Waals surface area contributed by atoms with Crippen LogP contribution >= 0.6 is 11.3 Å². The number of likely N-dealkylation sites (tertiary alicyclic amines) is 1. The lowest BCUT2D eigenvalue weighted by atomic mass is 9.95. The maximum Gasteiger partial charge on any atom is 0.416 e. The zero-order chi connectivity index (χ0) is 27.1. The third kappa shape index (κ3) is 6.68. The van der Waals surface area contributed by atoms with Crippen LogP contribution in [0.1, 0.15) is 62.3 Å². The molecule has 198 valence electrons. The summed E-state index contributed by atoms with van der Waals surface area (Å²) in [5.41, 5.74) is -2.01. The van der Waals surface area contributed by atoms with Crippen LogP contribution in [0.3, 0.4) is 0 Å². The van der Waals surface area contributed by atoms with Gasteiger partial charge in [-0.25, -0.2) is 4.79 Å². The number of benzene rings is 1. The van der Waals surface area contributed by atoms with E-state index in [2.05, 4.69) is 4.99 Å². The third-order valence-electron chi connectivity index (χ3n) is 5.48. The van der Waals surface area contributed by atoms with Crippen molar-refractivity contribution in [3.05, 3.63) is 45.2 Å². The molecular formula is C25H32F3N3O4S. The van der Waals surface area contributed by atoms with E-state index in [0.29, 0.717) is 24.4 Å². The molecule has 2 heterocycles. The molecule has 3 rings (SSSR count). The monoisotopic (exact) mass is 527 g/mol. The Morgan fingerprint density at radius 2 is 1.75 bits per heavy atom. The van der Waals surface area contributed by atoms with Crippen LogP contribution in [0, 0.1) is 5.92 Å². The summed E-state index contributed by atoms with van der Waals surface area (Å²) >= 11 is 1.31. The Morgan fingerprint density at radius 1 is 1.11 bits per heavy atom. The average Bonchev–Trinajstić information content (AvgIpc) is 3.10. The number of halogens is 3. The van der Waals surface area contributed by atoms with Gasteiger partial charge in [-0.2, -0.15) is 18.2 Å². The van der Waals surface area contributed by atoms with Gasteiger partial charge in [0.05, 0.1) is 18.2 Å². The summed E-state index contributed by atoms with van der Waals surface area (Å²) in [6.45, 7) is 13.0. The lowest BCUT2D eigenvalue weighted by molar-refractivity contribution is -0.137. The zero-order valence-electron chi connectivity index (χ0n) is 21.5. The van der Waals surface area contributed by atoms with Crippen LogP contribution in [0.5, 0.6) is 5.75 Å². The Balaban J connectivity index is 1.89. The van der Waals surface area contributed by atoms with Gasteiger partial charge in [0.2, 0.25) is 0 Å². The molecule has 2 aromatic rings. The number of carbonyl (C=O) groups is 2. The number of alkyl halides is 3. The van der Waals surface area contributed by atoms with E-state index in [0.717, 1.165) is 23.1 Å². The number of carbonyl (C=O) groups excluding carboxylic acids is 2. The summed E-state index contributed by atoms with van der Waals surface area (Å²) in [5.74, 6) is -0.682. The van der Waals surface area contributed by atoms with E-state index in [-0.39, 0.29) is 28.7 Å². The van der Waals surface area contributed by atoms with Gasteiger partial charge in [0.25, 0.3) is 5.91 Å². The molecule has 0 unspecified atom stereocenters. The van der Waals surface area contributed by atoms with Crippen molar-refractivity contribution in [1.29, 1.82) is 0 Å². The van der Waals surface area contributed by atoms with Crippen LogP contribution in [-0.2, 0) is 22.9 Å². The summed E-state index contributed by atoms with van der Waals surface area (Å²) < 4.78 is 52.1. The number of ether oxygens (including phenoxy) is 2. The van der Waals surface area contributed by atoms with E-state index in [1.54, 1.807) is 4.90 Å². The van der Waals surface area contributed by atoms with E-state index in [1.165, 1.54) is 18.4 Å². The largest absolute Gasteiger partial charge is 0.496 e. The summed E-state index contributed by atoms with van der Waals surface area (Å²) in [5, 5.41) is 0. The van der Waals surface area contributed by atoms with Crippen molar-refractivity contribution in [2.75, 3.05) is 20.2 Å². The maximum atomic E-state index is 13.2. The van der Waals surface area contributed by atoms with Crippen LogP contribution in [0.25, 0.3) is 0 Å². The minimum atomic E-state index is -4.60. The number of thiazole rings is 1. The van der Waals surface area contributed by atoms with Crippen molar-refractivity contribution in [3.8, 4) is 5.75 Å². The summed E-state index contributed by atoms with van der Waals surface area (Å²) in [6.07, 6.45) is -3.06. The maximum absolute atomic E-state index is 13.2. The molecule has 0 spiro atoms. The fourth-order valence-electron chi connectivity index (χ4n) is 3.58. The van der Waals surface area contributed by atoms with Gasteiger partial charge in [-0.3, -0.25) is 4.79 Å². The van der Waals surface area contributed by atoms with Crippen molar-refractivity contribution < 1.29 is 32.2 Å². The van der Waals surface area contributed by atoms with Gasteiger partial charge in [0.1, 0.15) is 11.4 Å². The normalized spacial score (nSPS) is 15.6. The smallest absolute Gasteiger partial charge is 0.416 e. The molecule has 0 N–H and O–H groups in total. The van der Waals surface area contributed by atoms with E-state index in [9.17, 15) is 22.8 Å². The molecule has 0 radical (unpaired) electrons. The highest BCUT2D eigenvalue weighted by Gasteiger charge is 2.35. The van der Waals surface area contributed by atoms with Crippen LogP contribution < -0.4 is 9.54 Å². The quantitative estimate of drug-likeness (QED) is 0.528. The Hall–Kier alpha value is -2.82. The predicted molar refractivity (Wildman–Crippen MR) is 130 cm³/mol. The highest BCUT2D eigenvalue weighted by Crippen LogP contribution is 2.33. The minimum Gasteiger partial charge on any atom is -0.496 e. The molecule has 0 atom stereocenters. The first kappa shape index (κ1) is 27.8. The Labute approximate surface area is 212 Å². The van der Waals surface area contributed by atoms with Crippen LogP contribution in [0.2, 0.25) is 0 Å². The van der Waals surface area contributed by atoms with Crippen LogP contribution in [0.15, 0.2) is 29.4 Å². The standard InChI is InChI=1S/C25H32F3N3O4S/c1-23(2,3)19-14-30(11-15-12-31(13-15)22(33)35-24(4,5)6)21(36-19)29-20(32)17-10-16(25(26,27)28)8-9-18(17)34-7/h8-10,14-15H,11-13H2,1-7H3. The SMILES string of the molecule is COc1ccc(C(F)(F)F)cc1C(=O)N=c1sc(C(C)(C)C)cn1CC1CN(C(=O)OC(C)(C)C)C1. The summed E-state index contributed by atoms with van der Waals surface area (Å²) in [4.78, 5) is 32.4. The number of nitrogens with zero attached hydrogens (tertiary/aromatic N) is 3. The molecule has 11 heteroatoms. The van der Waals surface area contributed by atoms with Crippen molar-refractivity contribution in [1.82, 2.24) is 9.47 Å². The van der Waals surface area contributed by atoms with Crippen molar-refractivity contribution >= 4 is 23.3 Å². The van der Waals surface area contributed by atoms with Crippen LogP contribution in [0.4, 0.5) is 18.0 Å². The highest BCUT2D eigenvalue weighted by atomic mass is 32.1. The number of aromatic nitrogens is 1. The molecular weight excluding hydrogens is 495 g/mol. The van der Waals surface area contributed by atoms with Gasteiger partial charge in [-0.05, 0) is 44.4 Å². The van der Waals surface area contributed by atoms with E-state index in [4.69, 9.17) is 9.47 Å². The van der Waals surface area contributed by atoms with Gasteiger partial charge in [-0.1, -0.05) is 20.8 Å². The van der Waals surface area contributed by atoms with Crippen molar-refractivity contribution in [2.45, 2.75) is 65.3 Å². The van der Waals surface area contributed by atoms with E-state index in [1.807, 2.05) is 52.3 Å². The number of hydrogen-bond donors (Lipinski definition) is 0. The highest BCUT2D eigenvalue weighted by molar-refractivity contribution is 7.09. The van der Waals surface area contributed by atoms with Crippen molar-refractivity contribution in [3.63, 3.8) is 0 Å². The molecule has 1 aromatic carbocycles. The average molecular weight is 528 g/mol. The molecule has 0 aliphatic carbocycles. The second-order valence-electron chi connectivity index (χ2n) is 10.9. The molecule has 1 fully saturated rings. The number of methoxy groups -OCH3 is 1. The molecule has 36 heavy (non-hydrogen) atoms. The lowest BCUT2D eigenvalue weighted by Crippen LogP contribution is -2.53. The summed E-state index contributed by atoms with van der Waals surface area (Å²) in [6, 6.07) is 2.75. The second kappa shape index (κ2) is 9.91. The number of hydrogen-bond acceptors (Lipinski definition) is 5. The first-order valence-corrected chi connectivity index (χ1v) is 12.3. The molecule has 1 saturated heterocycles. The minimum absolute atomic E-state index is 0.0166. The third-order valence-corrected chi connectivity index (χ3v) is 6.92. The van der Waals surface area contributed by atoms with Gasteiger partial charge < -0.3 is 18.9 Å². The lowest BCUT2D eigenvalue weighted by Gasteiger charge is -2.39. The number of rotatable bonds is 4. The molecule has 7 nitrogen and oxygen atoms in total. The van der Waals surface area contributed by atoms with Gasteiger partial charge in [-0.15, -0.1) is 11.3 Å². The van der Waals surface area contributed by atoms with E-state index < -0.39 is 23.2 Å². The van der Waals surface area contributed by atoms with Gasteiger partial charge in [0.15, 0.2) is 4.80 Å². The predicted octanol–water partition coefficient (Wildman–Crippen LogP) is 5.48. The topological polar surface area (TPSA) is 73.1 Å². The zero-order valence-corrected chi connectivity index (χ0v) is 22.3. The van der Waals surface area contributed by atoms with Crippen LogP contribution in [-0.4, -0.2) is 47.3 Å². The number of amides is 2. The second-order valence-corrected chi connectivity index (χ2v) is 11.9. The Bertz CT molecular complexity index is 1200. The molecule has 0 bridgehead atoms. The first-order chi connectivity index (χ1) is 16.5. The fourth-order valence-corrected chi connectivity index (χ4v) is 4.64. The summed E-state index contributed by atoms with van der Waals surface area (Å²) in [7, 11) is 1.29. The molecule has 1 aromatic heterocycles. The Morgan fingerprint density at radius 3 is 2.28 bits per heavy atom. The molecule has 0 saturated carbocycles. The molecule has 2 amide bonds. The Kier molecular flexibility index (Phi) is 7.64.